The first-order valence-electron chi connectivity index (χ1n) is 3.16. The van der Waals surface area contributed by atoms with Crippen LogP contribution in [0.4, 0.5) is 4.79 Å². The lowest BCUT2D eigenvalue weighted by Crippen LogP contribution is -2.27. The van der Waals surface area contributed by atoms with Crippen molar-refractivity contribution in [2.24, 2.45) is 0 Å². The van der Waals surface area contributed by atoms with Gasteiger partial charge >= 0.3 is 12.1 Å². The zero-order valence-corrected chi connectivity index (χ0v) is 6.75. The molecule has 5 nitrogen and oxygen atoms in total. The number of hydroxylamine groups is 1. The van der Waals surface area contributed by atoms with Crippen LogP contribution in [0, 0.1) is 6.92 Å². The van der Waals surface area contributed by atoms with Gasteiger partial charge in [-0.05, 0) is 13.8 Å². The lowest BCUT2D eigenvalue weighted by atomic mass is 10.4. The Morgan fingerprint density at radius 3 is 2.50 bits per heavy atom. The predicted molar refractivity (Wildman–Crippen MR) is 40.7 cm³/mol. The molecule has 0 aliphatic rings. The zero-order valence-electron chi connectivity index (χ0n) is 6.75. The van der Waals surface area contributed by atoms with Crippen molar-refractivity contribution in [3.05, 3.63) is 19.1 Å². The standard InChI is InChI=1S/C7H10NO4/c1-4-11-7(10)8-12-6(9)5(2)3/h1-2,4H2,3H3,(H,8,10). The molecular weight excluding hydrogens is 162 g/mol. The first-order valence-corrected chi connectivity index (χ1v) is 3.16. The maximum absolute atomic E-state index is 10.6. The fourth-order valence-electron chi connectivity index (χ4n) is 0.297. The number of hydrogen-bond acceptors (Lipinski definition) is 4. The molecule has 0 saturated heterocycles. The van der Waals surface area contributed by atoms with Gasteiger partial charge in [-0.15, -0.1) is 5.48 Å². The van der Waals surface area contributed by atoms with Crippen molar-refractivity contribution in [1.82, 2.24) is 5.48 Å². The van der Waals surface area contributed by atoms with Gasteiger partial charge in [0.15, 0.2) is 0 Å². The third kappa shape index (κ3) is 4.32. The molecule has 0 bridgehead atoms. The highest BCUT2D eigenvalue weighted by molar-refractivity contribution is 5.87. The Kier molecular flexibility index (Phi) is 4.52. The normalized spacial score (nSPS) is 8.50. The van der Waals surface area contributed by atoms with Crippen LogP contribution in [0.1, 0.15) is 6.92 Å². The Hall–Kier alpha value is -1.52. The maximum atomic E-state index is 10.6. The van der Waals surface area contributed by atoms with E-state index in [9.17, 15) is 9.59 Å². The highest BCUT2D eigenvalue weighted by Gasteiger charge is 2.06. The molecule has 0 heterocycles. The summed E-state index contributed by atoms with van der Waals surface area (Å²) in [6.45, 7) is 7.97. The van der Waals surface area contributed by atoms with Crippen molar-refractivity contribution in [2.75, 3.05) is 6.61 Å². The number of ether oxygens (including phenoxy) is 1. The first-order chi connectivity index (χ1) is 5.57. The lowest BCUT2D eigenvalue weighted by molar-refractivity contribution is -0.144. The molecule has 1 radical (unpaired) electrons. The largest absolute Gasteiger partial charge is 0.447 e. The monoisotopic (exact) mass is 172 g/mol. The fraction of sp³-hybridized carbons (Fsp3) is 0.286. The molecule has 0 saturated carbocycles. The first kappa shape index (κ1) is 10.5. The second-order valence-corrected chi connectivity index (χ2v) is 1.91. The van der Waals surface area contributed by atoms with Crippen LogP contribution in [0.3, 0.4) is 0 Å². The molecule has 0 fully saturated rings. The number of amides is 1. The van der Waals surface area contributed by atoms with Crippen molar-refractivity contribution in [1.29, 1.82) is 0 Å². The fourth-order valence-corrected chi connectivity index (χ4v) is 0.297. The zero-order chi connectivity index (χ0) is 9.56. The molecule has 0 rings (SSSR count). The number of nitrogens with one attached hydrogen (secondary N) is 1. The SMILES string of the molecule is [CH2]COC(=O)NOC(=O)C(=C)C. The van der Waals surface area contributed by atoms with E-state index in [0.29, 0.717) is 0 Å². The Labute approximate surface area is 70.3 Å². The topological polar surface area (TPSA) is 64.6 Å². The van der Waals surface area contributed by atoms with Crippen LogP contribution in [0.5, 0.6) is 0 Å². The van der Waals surface area contributed by atoms with Gasteiger partial charge in [-0.3, -0.25) is 0 Å². The number of carbonyl (C=O) groups excluding carboxylic acids is 2. The molecular formula is C7H10NO4. The molecule has 0 aromatic rings. The summed E-state index contributed by atoms with van der Waals surface area (Å²) in [5, 5.41) is 0. The van der Waals surface area contributed by atoms with Crippen LogP contribution >= 0.6 is 0 Å². The maximum Gasteiger partial charge on any atom is 0.440 e. The smallest absolute Gasteiger partial charge is 0.440 e. The van der Waals surface area contributed by atoms with E-state index in [0.717, 1.165) is 0 Å². The Balaban J connectivity index is 3.61. The molecule has 0 unspecified atom stereocenters. The quantitative estimate of drug-likeness (QED) is 0.488. The van der Waals surface area contributed by atoms with E-state index in [4.69, 9.17) is 0 Å². The average Bonchev–Trinajstić information content (AvgIpc) is 2.00. The Morgan fingerprint density at radius 2 is 2.08 bits per heavy atom. The van der Waals surface area contributed by atoms with Gasteiger partial charge in [-0.1, -0.05) is 6.58 Å². The van der Waals surface area contributed by atoms with Crippen LogP contribution < -0.4 is 5.48 Å². The summed E-state index contributed by atoms with van der Waals surface area (Å²) < 4.78 is 4.30. The van der Waals surface area contributed by atoms with Crippen molar-refractivity contribution in [3.63, 3.8) is 0 Å². The lowest BCUT2D eigenvalue weighted by Gasteiger charge is -2.04. The van der Waals surface area contributed by atoms with E-state index in [1.54, 1.807) is 5.48 Å². The molecule has 0 spiro atoms. The summed E-state index contributed by atoms with van der Waals surface area (Å²) in [4.78, 5) is 25.4. The van der Waals surface area contributed by atoms with E-state index < -0.39 is 12.1 Å². The van der Waals surface area contributed by atoms with Gasteiger partial charge in [0.05, 0.1) is 6.61 Å². The Morgan fingerprint density at radius 1 is 1.50 bits per heavy atom. The van der Waals surface area contributed by atoms with Crippen LogP contribution in [0.2, 0.25) is 0 Å². The summed E-state index contributed by atoms with van der Waals surface area (Å²) in [6, 6.07) is 0. The van der Waals surface area contributed by atoms with Crippen LogP contribution in [0.25, 0.3) is 0 Å². The van der Waals surface area contributed by atoms with E-state index in [2.05, 4.69) is 23.1 Å². The summed E-state index contributed by atoms with van der Waals surface area (Å²) in [6.07, 6.45) is -0.861. The van der Waals surface area contributed by atoms with Gasteiger partial charge in [0, 0.05) is 5.57 Å². The summed E-state index contributed by atoms with van der Waals surface area (Å²) in [5.41, 5.74) is 1.94. The third-order valence-corrected chi connectivity index (χ3v) is 0.809. The van der Waals surface area contributed by atoms with Gasteiger partial charge in [-0.25, -0.2) is 9.59 Å². The van der Waals surface area contributed by atoms with Crippen molar-refractivity contribution in [3.8, 4) is 0 Å². The van der Waals surface area contributed by atoms with Gasteiger partial charge in [0.2, 0.25) is 0 Å². The molecule has 0 aromatic carbocycles. The van der Waals surface area contributed by atoms with Crippen LogP contribution in [0.15, 0.2) is 12.2 Å². The van der Waals surface area contributed by atoms with Gasteiger partial charge in [0.25, 0.3) is 0 Å². The van der Waals surface area contributed by atoms with Crippen LogP contribution in [-0.2, 0) is 14.4 Å². The molecule has 1 N–H and O–H groups in total. The molecule has 67 valence electrons. The number of rotatable bonds is 2. The van der Waals surface area contributed by atoms with Crippen molar-refractivity contribution in [2.45, 2.75) is 6.92 Å². The van der Waals surface area contributed by atoms with Gasteiger partial charge < -0.3 is 9.57 Å². The molecule has 1 amide bonds. The predicted octanol–water partition coefficient (Wildman–Crippen LogP) is 0.581. The van der Waals surface area contributed by atoms with E-state index in [1.165, 1.54) is 6.92 Å². The molecule has 0 aromatic heterocycles. The summed E-state index contributed by atoms with van der Waals surface area (Å²) in [5.74, 6) is -0.712. The minimum absolute atomic E-state index is 0.0313. The summed E-state index contributed by atoms with van der Waals surface area (Å²) >= 11 is 0. The average molecular weight is 172 g/mol. The van der Waals surface area contributed by atoms with Crippen molar-refractivity contribution < 1.29 is 19.2 Å². The minimum atomic E-state index is -0.861. The van der Waals surface area contributed by atoms with Gasteiger partial charge in [-0.2, -0.15) is 0 Å². The highest BCUT2D eigenvalue weighted by Crippen LogP contribution is 1.89. The second-order valence-electron chi connectivity index (χ2n) is 1.91. The molecule has 5 heteroatoms. The van der Waals surface area contributed by atoms with Crippen molar-refractivity contribution >= 4 is 12.1 Å². The molecule has 12 heavy (non-hydrogen) atoms. The third-order valence-electron chi connectivity index (χ3n) is 0.809. The van der Waals surface area contributed by atoms with Crippen LogP contribution in [-0.4, -0.2) is 18.7 Å². The van der Waals surface area contributed by atoms with E-state index in [1.807, 2.05) is 0 Å². The minimum Gasteiger partial charge on any atom is -0.447 e. The number of carbonyl (C=O) groups is 2. The van der Waals surface area contributed by atoms with E-state index >= 15 is 0 Å². The van der Waals surface area contributed by atoms with E-state index in [-0.39, 0.29) is 12.2 Å². The highest BCUT2D eigenvalue weighted by atomic mass is 16.7. The molecule has 0 aliphatic heterocycles. The second kappa shape index (κ2) is 5.17. The van der Waals surface area contributed by atoms with Gasteiger partial charge in [0.1, 0.15) is 0 Å². The summed E-state index contributed by atoms with van der Waals surface area (Å²) in [7, 11) is 0. The number of hydrogen-bond donors (Lipinski definition) is 1. The Bertz CT molecular complexity index is 200. The molecule has 0 atom stereocenters. The molecule has 0 aliphatic carbocycles.